The van der Waals surface area contributed by atoms with Crippen LogP contribution in [0, 0.1) is 0 Å². The number of hydrogen-bond donors (Lipinski definition) is 0. The van der Waals surface area contributed by atoms with Gasteiger partial charge in [0.1, 0.15) is 0 Å². The average molecular weight is 258 g/mol. The molecule has 0 saturated carbocycles. The van der Waals surface area contributed by atoms with Crippen LogP contribution < -0.4 is 0 Å². The Bertz CT molecular complexity index is 520. The van der Waals surface area contributed by atoms with Crippen LogP contribution in [-0.4, -0.2) is 10.1 Å². The third-order valence-corrected chi connectivity index (χ3v) is 3.22. The molecule has 19 heavy (non-hydrogen) atoms. The van der Waals surface area contributed by atoms with E-state index in [2.05, 4.69) is 62.1 Å². The van der Waals surface area contributed by atoms with Gasteiger partial charge in [-0.2, -0.15) is 4.98 Å². The van der Waals surface area contributed by atoms with Gasteiger partial charge in [0, 0.05) is 12.0 Å². The average Bonchev–Trinajstić information content (AvgIpc) is 2.84. The molecular formula is C16H22N2O. The van der Waals surface area contributed by atoms with Gasteiger partial charge in [0.15, 0.2) is 5.82 Å². The Labute approximate surface area is 115 Å². The third kappa shape index (κ3) is 3.43. The molecule has 0 N–H and O–H groups in total. The number of benzene rings is 1. The maximum Gasteiger partial charge on any atom is 0.257 e. The number of rotatable bonds is 4. The van der Waals surface area contributed by atoms with Crippen molar-refractivity contribution in [3.05, 3.63) is 35.7 Å². The molecule has 3 heteroatoms. The predicted octanol–water partition coefficient (Wildman–Crippen LogP) is 4.38. The number of aryl methyl sites for hydroxylation is 1. The van der Waals surface area contributed by atoms with E-state index in [4.69, 9.17) is 4.52 Å². The molecule has 3 nitrogen and oxygen atoms in total. The molecule has 0 saturated heterocycles. The molecule has 0 aliphatic heterocycles. The molecule has 0 atom stereocenters. The molecule has 0 fully saturated rings. The van der Waals surface area contributed by atoms with E-state index < -0.39 is 0 Å². The molecule has 0 unspecified atom stereocenters. The second-order valence-electron chi connectivity index (χ2n) is 5.95. The van der Waals surface area contributed by atoms with Gasteiger partial charge >= 0.3 is 0 Å². The fourth-order valence-electron chi connectivity index (χ4n) is 1.92. The standard InChI is InChI=1S/C16H22N2O/c1-5-6-7-14-17-15(19-18-14)12-8-10-13(11-9-12)16(2,3)4/h8-11H,5-7H2,1-4H3. The first-order valence-corrected chi connectivity index (χ1v) is 6.94. The van der Waals surface area contributed by atoms with Gasteiger partial charge in [-0.3, -0.25) is 0 Å². The van der Waals surface area contributed by atoms with Crippen LogP contribution in [0.4, 0.5) is 0 Å². The quantitative estimate of drug-likeness (QED) is 0.817. The molecular weight excluding hydrogens is 236 g/mol. The first-order valence-electron chi connectivity index (χ1n) is 6.94. The van der Waals surface area contributed by atoms with Gasteiger partial charge in [-0.05, 0) is 29.5 Å². The molecule has 0 radical (unpaired) electrons. The highest BCUT2D eigenvalue weighted by atomic mass is 16.5. The van der Waals surface area contributed by atoms with Crippen molar-refractivity contribution in [1.29, 1.82) is 0 Å². The second-order valence-corrected chi connectivity index (χ2v) is 5.95. The van der Waals surface area contributed by atoms with E-state index in [1.165, 1.54) is 5.56 Å². The Morgan fingerprint density at radius 3 is 2.37 bits per heavy atom. The Morgan fingerprint density at radius 2 is 1.79 bits per heavy atom. The summed E-state index contributed by atoms with van der Waals surface area (Å²) in [5.74, 6) is 1.42. The largest absolute Gasteiger partial charge is 0.334 e. The number of aromatic nitrogens is 2. The van der Waals surface area contributed by atoms with Crippen LogP contribution in [-0.2, 0) is 11.8 Å². The zero-order valence-corrected chi connectivity index (χ0v) is 12.2. The highest BCUT2D eigenvalue weighted by molar-refractivity contribution is 5.53. The van der Waals surface area contributed by atoms with Crippen molar-refractivity contribution in [1.82, 2.24) is 10.1 Å². The van der Waals surface area contributed by atoms with Gasteiger partial charge in [0.05, 0.1) is 0 Å². The maximum atomic E-state index is 5.31. The highest BCUT2D eigenvalue weighted by Gasteiger charge is 2.14. The monoisotopic (exact) mass is 258 g/mol. The Morgan fingerprint density at radius 1 is 1.11 bits per heavy atom. The molecule has 0 aliphatic rings. The normalized spacial score (nSPS) is 11.8. The summed E-state index contributed by atoms with van der Waals surface area (Å²) in [6.07, 6.45) is 3.13. The summed E-state index contributed by atoms with van der Waals surface area (Å²) in [4.78, 5) is 4.43. The molecule has 0 bridgehead atoms. The zero-order chi connectivity index (χ0) is 13.9. The minimum Gasteiger partial charge on any atom is -0.334 e. The predicted molar refractivity (Wildman–Crippen MR) is 77.0 cm³/mol. The van der Waals surface area contributed by atoms with Crippen LogP contribution in [0.2, 0.25) is 0 Å². The summed E-state index contributed by atoms with van der Waals surface area (Å²) in [5, 5.41) is 4.02. The van der Waals surface area contributed by atoms with E-state index in [1.807, 2.05) is 0 Å². The minimum absolute atomic E-state index is 0.166. The fourth-order valence-corrected chi connectivity index (χ4v) is 1.92. The lowest BCUT2D eigenvalue weighted by atomic mass is 9.87. The van der Waals surface area contributed by atoms with Crippen molar-refractivity contribution in [2.45, 2.75) is 52.4 Å². The second kappa shape index (κ2) is 5.55. The molecule has 1 heterocycles. The van der Waals surface area contributed by atoms with Gasteiger partial charge in [0.2, 0.25) is 0 Å². The summed E-state index contributed by atoms with van der Waals surface area (Å²) >= 11 is 0. The lowest BCUT2D eigenvalue weighted by Gasteiger charge is -2.18. The molecule has 102 valence electrons. The van der Waals surface area contributed by atoms with Crippen LogP contribution >= 0.6 is 0 Å². The highest BCUT2D eigenvalue weighted by Crippen LogP contribution is 2.25. The SMILES string of the molecule is CCCCc1noc(-c2ccc(C(C)(C)C)cc2)n1. The molecule has 1 aromatic heterocycles. The molecule has 1 aromatic carbocycles. The van der Waals surface area contributed by atoms with Gasteiger partial charge in [-0.1, -0.05) is 51.4 Å². The van der Waals surface area contributed by atoms with E-state index >= 15 is 0 Å². The van der Waals surface area contributed by atoms with Crippen LogP contribution in [0.5, 0.6) is 0 Å². The summed E-state index contributed by atoms with van der Waals surface area (Å²) in [6, 6.07) is 8.37. The summed E-state index contributed by atoms with van der Waals surface area (Å²) in [7, 11) is 0. The van der Waals surface area contributed by atoms with Crippen LogP contribution in [0.1, 0.15) is 51.9 Å². The fraction of sp³-hybridized carbons (Fsp3) is 0.500. The van der Waals surface area contributed by atoms with Crippen molar-refractivity contribution < 1.29 is 4.52 Å². The Balaban J connectivity index is 2.16. The van der Waals surface area contributed by atoms with E-state index in [-0.39, 0.29) is 5.41 Å². The lowest BCUT2D eigenvalue weighted by molar-refractivity contribution is 0.421. The first kappa shape index (κ1) is 13.8. The minimum atomic E-state index is 0.166. The van der Waals surface area contributed by atoms with Gasteiger partial charge in [-0.25, -0.2) is 0 Å². The Hall–Kier alpha value is -1.64. The zero-order valence-electron chi connectivity index (χ0n) is 12.2. The maximum absolute atomic E-state index is 5.31. The van der Waals surface area contributed by atoms with E-state index in [0.717, 1.165) is 30.7 Å². The summed E-state index contributed by atoms with van der Waals surface area (Å²) in [5.41, 5.74) is 2.46. The topological polar surface area (TPSA) is 38.9 Å². The van der Waals surface area contributed by atoms with Crippen LogP contribution in [0.25, 0.3) is 11.5 Å². The van der Waals surface area contributed by atoms with Crippen molar-refractivity contribution in [3.8, 4) is 11.5 Å². The van der Waals surface area contributed by atoms with E-state index in [9.17, 15) is 0 Å². The van der Waals surface area contributed by atoms with Crippen molar-refractivity contribution in [2.75, 3.05) is 0 Å². The smallest absolute Gasteiger partial charge is 0.257 e. The summed E-state index contributed by atoms with van der Waals surface area (Å²) in [6.45, 7) is 8.78. The lowest BCUT2D eigenvalue weighted by Crippen LogP contribution is -2.10. The Kier molecular flexibility index (Phi) is 4.03. The number of nitrogens with zero attached hydrogens (tertiary/aromatic N) is 2. The molecule has 0 spiro atoms. The van der Waals surface area contributed by atoms with Crippen molar-refractivity contribution in [2.24, 2.45) is 0 Å². The van der Waals surface area contributed by atoms with Crippen LogP contribution in [0.3, 0.4) is 0 Å². The van der Waals surface area contributed by atoms with Crippen molar-refractivity contribution in [3.63, 3.8) is 0 Å². The van der Waals surface area contributed by atoms with Gasteiger partial charge < -0.3 is 4.52 Å². The third-order valence-electron chi connectivity index (χ3n) is 3.22. The molecule has 2 rings (SSSR count). The van der Waals surface area contributed by atoms with E-state index in [0.29, 0.717) is 5.89 Å². The van der Waals surface area contributed by atoms with E-state index in [1.54, 1.807) is 0 Å². The van der Waals surface area contributed by atoms with Crippen LogP contribution in [0.15, 0.2) is 28.8 Å². The molecule has 0 aliphatic carbocycles. The molecule has 0 amide bonds. The number of unbranched alkanes of at least 4 members (excludes halogenated alkanes) is 1. The first-order chi connectivity index (χ1) is 9.00. The van der Waals surface area contributed by atoms with Crippen molar-refractivity contribution >= 4 is 0 Å². The summed E-state index contributed by atoms with van der Waals surface area (Å²) < 4.78 is 5.31. The van der Waals surface area contributed by atoms with Gasteiger partial charge in [-0.15, -0.1) is 0 Å². The molecule has 2 aromatic rings. The van der Waals surface area contributed by atoms with Gasteiger partial charge in [0.25, 0.3) is 5.89 Å². The number of hydrogen-bond acceptors (Lipinski definition) is 3.